The van der Waals surface area contributed by atoms with Gasteiger partial charge in [0.25, 0.3) is 0 Å². The van der Waals surface area contributed by atoms with E-state index in [1.54, 1.807) is 0 Å². The number of nitrogens with zero attached hydrogens (tertiary/aromatic N) is 1. The van der Waals surface area contributed by atoms with E-state index in [1.807, 2.05) is 0 Å². The largest absolute Gasteiger partial charge is 0.330 e. The summed E-state index contributed by atoms with van der Waals surface area (Å²) in [4.78, 5) is 2.22. The Hall–Kier alpha value is -0.860. The lowest BCUT2D eigenvalue weighted by molar-refractivity contribution is 0.229. The van der Waals surface area contributed by atoms with Gasteiger partial charge in [-0.1, -0.05) is 30.7 Å². The van der Waals surface area contributed by atoms with Crippen LogP contribution in [-0.4, -0.2) is 25.5 Å². The first kappa shape index (κ1) is 12.6. The Morgan fingerprint density at radius 1 is 1.29 bits per heavy atom. The summed E-state index contributed by atoms with van der Waals surface area (Å²) in [6.45, 7) is 1.82. The van der Waals surface area contributed by atoms with Crippen molar-refractivity contribution >= 4 is 0 Å². The summed E-state index contributed by atoms with van der Waals surface area (Å²) in [5.41, 5.74) is 9.09. The van der Waals surface area contributed by atoms with Crippen molar-refractivity contribution in [2.45, 2.75) is 37.6 Å². The molecule has 0 radical (unpaired) electrons. The molecular weight excluding hydrogens is 208 g/mol. The summed E-state index contributed by atoms with van der Waals surface area (Å²) in [5, 5.41) is 0. The molecule has 1 aliphatic carbocycles. The van der Waals surface area contributed by atoms with Gasteiger partial charge in [0.05, 0.1) is 0 Å². The predicted molar refractivity (Wildman–Crippen MR) is 73.0 cm³/mol. The predicted octanol–water partition coefficient (Wildman–Crippen LogP) is 2.52. The normalized spacial score (nSPS) is 18.1. The fraction of sp³-hybridized carbons (Fsp3) is 0.600. The summed E-state index contributed by atoms with van der Waals surface area (Å²) in [6.07, 6.45) is 5.13. The molecule has 17 heavy (non-hydrogen) atoms. The molecule has 0 saturated heterocycles. The molecule has 2 heteroatoms. The van der Waals surface area contributed by atoms with E-state index < -0.39 is 0 Å². The molecule has 0 unspecified atom stereocenters. The second kappa shape index (κ2) is 5.19. The molecule has 94 valence electrons. The van der Waals surface area contributed by atoms with E-state index in [9.17, 15) is 0 Å². The number of rotatable bonds is 5. The van der Waals surface area contributed by atoms with Gasteiger partial charge in [-0.3, -0.25) is 0 Å². The summed E-state index contributed by atoms with van der Waals surface area (Å²) < 4.78 is 0. The monoisotopic (exact) mass is 232 g/mol. The standard InChI is InChI=1S/C15H24N2/c1-17(2)12-13-5-3-6-14(11-13)15(9-10-16)7-4-8-15/h3,5-6,11H,4,7-10,12,16H2,1-2H3. The fourth-order valence-electron chi connectivity index (χ4n) is 2.93. The Bertz CT molecular complexity index is 367. The maximum absolute atomic E-state index is 5.77. The molecule has 0 aromatic heterocycles. The van der Waals surface area contributed by atoms with E-state index in [4.69, 9.17) is 5.73 Å². The van der Waals surface area contributed by atoms with Crippen LogP contribution in [0.3, 0.4) is 0 Å². The Morgan fingerprint density at radius 3 is 2.59 bits per heavy atom. The van der Waals surface area contributed by atoms with E-state index in [1.165, 1.54) is 30.4 Å². The quantitative estimate of drug-likeness (QED) is 0.845. The van der Waals surface area contributed by atoms with Crippen LogP contribution in [0.2, 0.25) is 0 Å². The van der Waals surface area contributed by atoms with Crippen molar-refractivity contribution in [1.82, 2.24) is 4.90 Å². The third kappa shape index (κ3) is 2.70. The summed E-state index contributed by atoms with van der Waals surface area (Å²) in [6, 6.07) is 9.09. The zero-order valence-corrected chi connectivity index (χ0v) is 11.1. The minimum absolute atomic E-state index is 0.400. The van der Waals surface area contributed by atoms with Crippen LogP contribution in [-0.2, 0) is 12.0 Å². The molecule has 2 N–H and O–H groups in total. The van der Waals surface area contributed by atoms with Crippen molar-refractivity contribution < 1.29 is 0 Å². The van der Waals surface area contributed by atoms with Crippen molar-refractivity contribution in [3.05, 3.63) is 35.4 Å². The lowest BCUT2D eigenvalue weighted by Crippen LogP contribution is -2.36. The minimum atomic E-state index is 0.400. The van der Waals surface area contributed by atoms with Gasteiger partial charge >= 0.3 is 0 Å². The molecule has 2 rings (SSSR count). The van der Waals surface area contributed by atoms with Crippen LogP contribution in [0.15, 0.2) is 24.3 Å². The molecule has 1 fully saturated rings. The third-order valence-electron chi connectivity index (χ3n) is 3.97. The van der Waals surface area contributed by atoms with Crippen LogP contribution in [0, 0.1) is 0 Å². The van der Waals surface area contributed by atoms with Gasteiger partial charge in [-0.05, 0) is 56.4 Å². The van der Waals surface area contributed by atoms with Crippen molar-refractivity contribution in [2.24, 2.45) is 5.73 Å². The highest BCUT2D eigenvalue weighted by Gasteiger charge is 2.37. The third-order valence-corrected chi connectivity index (χ3v) is 3.97. The van der Waals surface area contributed by atoms with Gasteiger partial charge in [-0.15, -0.1) is 0 Å². The van der Waals surface area contributed by atoms with Gasteiger partial charge in [-0.25, -0.2) is 0 Å². The first-order valence-corrected chi connectivity index (χ1v) is 6.60. The Kier molecular flexibility index (Phi) is 3.85. The van der Waals surface area contributed by atoms with Crippen molar-refractivity contribution in [1.29, 1.82) is 0 Å². The maximum Gasteiger partial charge on any atom is 0.0227 e. The van der Waals surface area contributed by atoms with Crippen LogP contribution in [0.4, 0.5) is 0 Å². The lowest BCUT2D eigenvalue weighted by atomic mass is 9.62. The average Bonchev–Trinajstić information content (AvgIpc) is 2.23. The second-order valence-corrected chi connectivity index (χ2v) is 5.61. The van der Waals surface area contributed by atoms with Crippen molar-refractivity contribution in [3.63, 3.8) is 0 Å². The molecule has 2 nitrogen and oxygen atoms in total. The second-order valence-electron chi connectivity index (χ2n) is 5.61. The minimum Gasteiger partial charge on any atom is -0.330 e. The van der Waals surface area contributed by atoms with Gasteiger partial charge in [0, 0.05) is 6.54 Å². The Balaban J connectivity index is 2.19. The molecule has 0 atom stereocenters. The topological polar surface area (TPSA) is 29.3 Å². The highest BCUT2D eigenvalue weighted by Crippen LogP contribution is 2.46. The molecule has 1 aromatic rings. The summed E-state index contributed by atoms with van der Waals surface area (Å²) in [7, 11) is 4.23. The SMILES string of the molecule is CN(C)Cc1cccc(C2(CCN)CCC2)c1. The molecule has 0 heterocycles. The smallest absolute Gasteiger partial charge is 0.0227 e. The maximum atomic E-state index is 5.77. The molecule has 0 spiro atoms. The lowest BCUT2D eigenvalue weighted by Gasteiger charge is -2.42. The number of hydrogen-bond acceptors (Lipinski definition) is 2. The van der Waals surface area contributed by atoms with Gasteiger partial charge < -0.3 is 10.6 Å². The zero-order chi connectivity index (χ0) is 12.3. The Labute approximate surface area is 105 Å². The van der Waals surface area contributed by atoms with Gasteiger partial charge in [-0.2, -0.15) is 0 Å². The molecule has 1 aliphatic rings. The van der Waals surface area contributed by atoms with Crippen molar-refractivity contribution in [3.8, 4) is 0 Å². The average molecular weight is 232 g/mol. The molecule has 1 aromatic carbocycles. The van der Waals surface area contributed by atoms with Crippen LogP contribution < -0.4 is 5.73 Å². The van der Waals surface area contributed by atoms with Crippen LogP contribution in [0.25, 0.3) is 0 Å². The number of benzene rings is 1. The highest BCUT2D eigenvalue weighted by molar-refractivity contribution is 5.32. The molecule has 0 bridgehead atoms. The van der Waals surface area contributed by atoms with Gasteiger partial charge in [0.2, 0.25) is 0 Å². The molecule has 0 amide bonds. The van der Waals surface area contributed by atoms with E-state index in [0.717, 1.165) is 19.5 Å². The Morgan fingerprint density at radius 2 is 2.06 bits per heavy atom. The fourth-order valence-corrected chi connectivity index (χ4v) is 2.93. The van der Waals surface area contributed by atoms with Gasteiger partial charge in [0.15, 0.2) is 0 Å². The van der Waals surface area contributed by atoms with E-state index in [2.05, 4.69) is 43.3 Å². The molecule has 0 aliphatic heterocycles. The zero-order valence-electron chi connectivity index (χ0n) is 11.1. The van der Waals surface area contributed by atoms with Crippen molar-refractivity contribution in [2.75, 3.05) is 20.6 Å². The first-order valence-electron chi connectivity index (χ1n) is 6.60. The van der Waals surface area contributed by atoms with E-state index >= 15 is 0 Å². The van der Waals surface area contributed by atoms with E-state index in [-0.39, 0.29) is 0 Å². The summed E-state index contributed by atoms with van der Waals surface area (Å²) >= 11 is 0. The summed E-state index contributed by atoms with van der Waals surface area (Å²) in [5.74, 6) is 0. The molecule has 1 saturated carbocycles. The van der Waals surface area contributed by atoms with Crippen LogP contribution in [0.5, 0.6) is 0 Å². The number of nitrogens with two attached hydrogens (primary N) is 1. The van der Waals surface area contributed by atoms with Gasteiger partial charge in [0.1, 0.15) is 0 Å². The highest BCUT2D eigenvalue weighted by atomic mass is 15.0. The van der Waals surface area contributed by atoms with Crippen LogP contribution in [0.1, 0.15) is 36.8 Å². The van der Waals surface area contributed by atoms with Crippen LogP contribution >= 0.6 is 0 Å². The first-order chi connectivity index (χ1) is 8.16. The molecular formula is C15H24N2. The number of hydrogen-bond donors (Lipinski definition) is 1. The van der Waals surface area contributed by atoms with E-state index in [0.29, 0.717) is 5.41 Å².